The molecule has 2 rings (SSSR count). The smallest absolute Gasteiger partial charge is 0.0410 e. The Balaban J connectivity index is 2.05. The van der Waals surface area contributed by atoms with Crippen molar-refractivity contribution in [2.45, 2.75) is 52.0 Å². The molecule has 1 aliphatic carbocycles. The van der Waals surface area contributed by atoms with Crippen molar-refractivity contribution >= 4 is 15.9 Å². The van der Waals surface area contributed by atoms with Gasteiger partial charge in [0, 0.05) is 22.9 Å². The van der Waals surface area contributed by atoms with Crippen LogP contribution in [0.15, 0.2) is 22.9 Å². The molecule has 0 amide bonds. The number of nitrogens with two attached hydrogens (primary N) is 1. The number of hydrogen-bond donors (Lipinski definition) is 1. The van der Waals surface area contributed by atoms with Crippen molar-refractivity contribution in [2.75, 3.05) is 0 Å². The Hall–Kier alpha value is -0.410. The zero-order valence-electron chi connectivity index (χ0n) is 11.3. The summed E-state index contributed by atoms with van der Waals surface area (Å²) >= 11 is 3.47. The third-order valence-electron chi connectivity index (χ3n) is 4.34. The molecule has 0 spiro atoms. The Morgan fingerprint density at radius 3 is 2.89 bits per heavy atom. The molecule has 0 radical (unpaired) electrons. The molecule has 1 aromatic heterocycles. The van der Waals surface area contributed by atoms with Gasteiger partial charge >= 0.3 is 0 Å². The van der Waals surface area contributed by atoms with Crippen molar-refractivity contribution < 1.29 is 0 Å². The highest BCUT2D eigenvalue weighted by Crippen LogP contribution is 2.42. The molecule has 1 aromatic rings. The van der Waals surface area contributed by atoms with Crippen LogP contribution in [0, 0.1) is 11.3 Å². The normalized spacial score (nSPS) is 24.8. The van der Waals surface area contributed by atoms with Gasteiger partial charge in [0.15, 0.2) is 0 Å². The molecule has 0 aromatic carbocycles. The van der Waals surface area contributed by atoms with Crippen molar-refractivity contribution in [1.82, 2.24) is 4.98 Å². The van der Waals surface area contributed by atoms with Crippen molar-refractivity contribution in [1.29, 1.82) is 0 Å². The first-order valence-corrected chi connectivity index (χ1v) is 7.63. The maximum atomic E-state index is 6.46. The Kier molecular flexibility index (Phi) is 4.44. The van der Waals surface area contributed by atoms with Crippen molar-refractivity contribution in [2.24, 2.45) is 17.1 Å². The predicted octanol–water partition coefficient (Wildman–Crippen LogP) is 3.93. The van der Waals surface area contributed by atoms with Gasteiger partial charge in [0.1, 0.15) is 0 Å². The van der Waals surface area contributed by atoms with E-state index in [1.807, 2.05) is 12.4 Å². The molecular weight excluding hydrogens is 288 g/mol. The minimum atomic E-state index is 0.247. The molecule has 1 fully saturated rings. The van der Waals surface area contributed by atoms with Gasteiger partial charge in [0.25, 0.3) is 0 Å². The average molecular weight is 311 g/mol. The zero-order valence-corrected chi connectivity index (χ0v) is 12.9. The summed E-state index contributed by atoms with van der Waals surface area (Å²) in [6, 6.07) is 2.37. The van der Waals surface area contributed by atoms with Gasteiger partial charge in [-0.1, -0.05) is 26.7 Å². The average Bonchev–Trinajstić information content (AvgIpc) is 2.28. The molecule has 0 aliphatic heterocycles. The highest BCUT2D eigenvalue weighted by atomic mass is 79.9. The standard InChI is InChI=1S/C15H23BrN2/c1-15(2)6-4-3-5-13(15)14(17)8-11-7-12(16)10-18-9-11/h7,9-10,13-14H,3-6,8,17H2,1-2H3. The van der Waals surface area contributed by atoms with E-state index < -0.39 is 0 Å². The summed E-state index contributed by atoms with van der Waals surface area (Å²) in [6.45, 7) is 4.74. The number of hydrogen-bond acceptors (Lipinski definition) is 2. The van der Waals surface area contributed by atoms with Gasteiger partial charge < -0.3 is 5.73 Å². The van der Waals surface area contributed by atoms with E-state index in [1.54, 1.807) is 0 Å². The fraction of sp³-hybridized carbons (Fsp3) is 0.667. The second-order valence-corrected chi connectivity index (χ2v) is 7.14. The monoisotopic (exact) mass is 310 g/mol. The van der Waals surface area contributed by atoms with E-state index in [-0.39, 0.29) is 6.04 Å². The summed E-state index contributed by atoms with van der Waals surface area (Å²) in [7, 11) is 0. The molecule has 2 N–H and O–H groups in total. The molecule has 3 heteroatoms. The lowest BCUT2D eigenvalue weighted by Crippen LogP contribution is -2.43. The van der Waals surface area contributed by atoms with Crippen LogP contribution < -0.4 is 5.73 Å². The fourth-order valence-electron chi connectivity index (χ4n) is 3.30. The maximum absolute atomic E-state index is 6.46. The van der Waals surface area contributed by atoms with Crippen LogP contribution in [0.2, 0.25) is 0 Å². The zero-order chi connectivity index (χ0) is 13.2. The summed E-state index contributed by atoms with van der Waals surface area (Å²) in [6.07, 6.45) is 9.95. The van der Waals surface area contributed by atoms with E-state index in [4.69, 9.17) is 5.73 Å². The van der Waals surface area contributed by atoms with Crippen LogP contribution >= 0.6 is 15.9 Å². The van der Waals surface area contributed by atoms with Gasteiger partial charge in [-0.15, -0.1) is 0 Å². The third kappa shape index (κ3) is 3.33. The first-order chi connectivity index (χ1) is 8.49. The molecule has 2 nitrogen and oxygen atoms in total. The Labute approximate surface area is 119 Å². The Morgan fingerprint density at radius 2 is 2.22 bits per heavy atom. The van der Waals surface area contributed by atoms with Gasteiger partial charge in [-0.2, -0.15) is 0 Å². The molecular formula is C15H23BrN2. The largest absolute Gasteiger partial charge is 0.327 e. The minimum absolute atomic E-state index is 0.247. The Bertz CT molecular complexity index is 403. The summed E-state index contributed by atoms with van der Waals surface area (Å²) in [4.78, 5) is 4.22. The molecule has 1 heterocycles. The van der Waals surface area contributed by atoms with Crippen LogP contribution in [0.25, 0.3) is 0 Å². The Morgan fingerprint density at radius 1 is 1.44 bits per heavy atom. The quantitative estimate of drug-likeness (QED) is 0.918. The fourth-order valence-corrected chi connectivity index (χ4v) is 3.71. The topological polar surface area (TPSA) is 38.9 Å². The number of halogens is 1. The summed E-state index contributed by atoms with van der Waals surface area (Å²) in [5.41, 5.74) is 8.08. The van der Waals surface area contributed by atoms with Gasteiger partial charge in [0.05, 0.1) is 0 Å². The summed E-state index contributed by atoms with van der Waals surface area (Å²) in [5, 5.41) is 0. The molecule has 1 aliphatic rings. The molecule has 18 heavy (non-hydrogen) atoms. The number of rotatable bonds is 3. The number of aromatic nitrogens is 1. The van der Waals surface area contributed by atoms with Crippen molar-refractivity contribution in [3.05, 3.63) is 28.5 Å². The molecule has 0 saturated heterocycles. The number of pyridine rings is 1. The number of nitrogens with zero attached hydrogens (tertiary/aromatic N) is 1. The SMILES string of the molecule is CC1(C)CCCCC1C(N)Cc1cncc(Br)c1. The second-order valence-electron chi connectivity index (χ2n) is 6.22. The highest BCUT2D eigenvalue weighted by Gasteiger charge is 2.35. The molecule has 2 atom stereocenters. The van der Waals surface area contributed by atoms with E-state index >= 15 is 0 Å². The van der Waals surface area contributed by atoms with Crippen LogP contribution in [-0.4, -0.2) is 11.0 Å². The minimum Gasteiger partial charge on any atom is -0.327 e. The predicted molar refractivity (Wildman–Crippen MR) is 79.4 cm³/mol. The van der Waals surface area contributed by atoms with E-state index in [2.05, 4.69) is 40.8 Å². The third-order valence-corrected chi connectivity index (χ3v) is 4.77. The maximum Gasteiger partial charge on any atom is 0.0410 e. The summed E-state index contributed by atoms with van der Waals surface area (Å²) < 4.78 is 1.04. The van der Waals surface area contributed by atoms with Crippen LogP contribution in [0.4, 0.5) is 0 Å². The van der Waals surface area contributed by atoms with Crippen LogP contribution in [0.5, 0.6) is 0 Å². The van der Waals surface area contributed by atoms with Gasteiger partial charge in [0.2, 0.25) is 0 Å². The lowest BCUT2D eigenvalue weighted by Gasteiger charge is -2.42. The van der Waals surface area contributed by atoms with Crippen molar-refractivity contribution in [3.63, 3.8) is 0 Å². The van der Waals surface area contributed by atoms with Gasteiger partial charge in [-0.05, 0) is 58.2 Å². The van der Waals surface area contributed by atoms with Gasteiger partial charge in [-0.3, -0.25) is 4.98 Å². The van der Waals surface area contributed by atoms with Crippen LogP contribution in [-0.2, 0) is 6.42 Å². The first kappa shape index (κ1) is 14.0. The molecule has 2 unspecified atom stereocenters. The van der Waals surface area contributed by atoms with E-state index in [0.717, 1.165) is 10.9 Å². The lowest BCUT2D eigenvalue weighted by atomic mass is 9.65. The summed E-state index contributed by atoms with van der Waals surface area (Å²) in [5.74, 6) is 0.630. The van der Waals surface area contributed by atoms with E-state index in [1.165, 1.54) is 31.2 Å². The lowest BCUT2D eigenvalue weighted by molar-refractivity contribution is 0.112. The molecule has 100 valence electrons. The van der Waals surface area contributed by atoms with E-state index in [9.17, 15) is 0 Å². The van der Waals surface area contributed by atoms with E-state index in [0.29, 0.717) is 11.3 Å². The van der Waals surface area contributed by atoms with Gasteiger partial charge in [-0.25, -0.2) is 0 Å². The highest BCUT2D eigenvalue weighted by molar-refractivity contribution is 9.10. The van der Waals surface area contributed by atoms with Crippen LogP contribution in [0.1, 0.15) is 45.1 Å². The molecule has 1 saturated carbocycles. The van der Waals surface area contributed by atoms with Crippen molar-refractivity contribution in [3.8, 4) is 0 Å². The first-order valence-electron chi connectivity index (χ1n) is 6.84. The van der Waals surface area contributed by atoms with Crippen LogP contribution in [0.3, 0.4) is 0 Å². The second kappa shape index (κ2) is 5.70. The molecule has 0 bridgehead atoms.